The maximum Gasteiger partial charge on any atom is 0.319 e. The quantitative estimate of drug-likeness (QED) is 0.473. The van der Waals surface area contributed by atoms with Gasteiger partial charge >= 0.3 is 5.97 Å². The van der Waals surface area contributed by atoms with Crippen molar-refractivity contribution in [2.45, 2.75) is 5.92 Å². The van der Waals surface area contributed by atoms with Gasteiger partial charge in [0.1, 0.15) is 11.6 Å². The molecular weight excluding hydrogens is 360 g/mol. The number of aromatic nitrogens is 2. The van der Waals surface area contributed by atoms with Gasteiger partial charge in [0.15, 0.2) is 0 Å². The summed E-state index contributed by atoms with van der Waals surface area (Å²) in [6, 6.07) is 23.0. The van der Waals surface area contributed by atoms with E-state index in [4.69, 9.17) is 21.3 Å². The highest BCUT2D eigenvalue weighted by atomic mass is 35.5. The Hall–Kier alpha value is -3.11. The van der Waals surface area contributed by atoms with Crippen molar-refractivity contribution in [3.8, 4) is 11.3 Å². The first-order valence-electron chi connectivity index (χ1n) is 8.54. The Morgan fingerprint density at radius 2 is 1.67 bits per heavy atom. The molecule has 0 saturated carbocycles. The van der Waals surface area contributed by atoms with Gasteiger partial charge in [0.2, 0.25) is 0 Å². The lowest BCUT2D eigenvalue weighted by Crippen LogP contribution is -2.18. The van der Waals surface area contributed by atoms with Gasteiger partial charge in [0, 0.05) is 11.8 Å². The molecule has 0 aliphatic heterocycles. The first-order valence-corrected chi connectivity index (χ1v) is 8.92. The van der Waals surface area contributed by atoms with Crippen molar-refractivity contribution in [1.29, 1.82) is 0 Å². The number of hydrogen-bond acceptors (Lipinski definition) is 3. The molecule has 0 saturated heterocycles. The molecule has 0 aliphatic carbocycles. The largest absolute Gasteiger partial charge is 0.468 e. The van der Waals surface area contributed by atoms with Crippen LogP contribution in [0.1, 0.15) is 17.2 Å². The van der Waals surface area contributed by atoms with Crippen LogP contribution in [0, 0.1) is 0 Å². The number of esters is 1. The van der Waals surface area contributed by atoms with Crippen LogP contribution in [0.2, 0.25) is 5.02 Å². The van der Waals surface area contributed by atoms with E-state index >= 15 is 0 Å². The first kappa shape index (κ1) is 17.3. The van der Waals surface area contributed by atoms with Crippen molar-refractivity contribution < 1.29 is 9.53 Å². The zero-order chi connectivity index (χ0) is 18.8. The van der Waals surface area contributed by atoms with E-state index in [1.54, 1.807) is 12.3 Å². The summed E-state index contributed by atoms with van der Waals surface area (Å²) >= 11 is 6.25. The highest BCUT2D eigenvalue weighted by Gasteiger charge is 2.30. The van der Waals surface area contributed by atoms with E-state index in [0.717, 1.165) is 28.2 Å². The maximum atomic E-state index is 12.8. The summed E-state index contributed by atoms with van der Waals surface area (Å²) in [7, 11) is 1.40. The molecule has 1 unspecified atom stereocenters. The molecule has 4 nitrogen and oxygen atoms in total. The molecule has 0 amide bonds. The molecule has 27 heavy (non-hydrogen) atoms. The number of fused-ring (bicyclic) bond motifs is 1. The fourth-order valence-corrected chi connectivity index (χ4v) is 3.45. The average molecular weight is 377 g/mol. The zero-order valence-electron chi connectivity index (χ0n) is 14.7. The molecule has 4 rings (SSSR count). The van der Waals surface area contributed by atoms with Crippen molar-refractivity contribution in [1.82, 2.24) is 9.38 Å². The van der Waals surface area contributed by atoms with Crippen LogP contribution in [0.5, 0.6) is 0 Å². The zero-order valence-corrected chi connectivity index (χ0v) is 15.4. The number of methoxy groups -OCH3 is 1. The van der Waals surface area contributed by atoms with Gasteiger partial charge in [-0.25, -0.2) is 4.98 Å². The molecular formula is C22H17ClN2O2. The van der Waals surface area contributed by atoms with Crippen molar-refractivity contribution in [2.75, 3.05) is 7.11 Å². The number of ether oxygens (including phenoxy) is 1. The minimum Gasteiger partial charge on any atom is -0.468 e. The summed E-state index contributed by atoms with van der Waals surface area (Å²) in [4.78, 5) is 17.6. The topological polar surface area (TPSA) is 43.6 Å². The van der Waals surface area contributed by atoms with Gasteiger partial charge in [-0.15, -0.1) is 0 Å². The van der Waals surface area contributed by atoms with Gasteiger partial charge in [-0.3, -0.25) is 4.79 Å². The SMILES string of the molecule is COC(=O)C(c1ccccc1)c1c(-c2ccccc2)nc2ccc(Cl)cn12. The smallest absolute Gasteiger partial charge is 0.319 e. The van der Waals surface area contributed by atoms with Crippen molar-refractivity contribution in [3.63, 3.8) is 0 Å². The van der Waals surface area contributed by atoms with E-state index in [-0.39, 0.29) is 5.97 Å². The number of rotatable bonds is 4. The number of halogens is 1. The Morgan fingerprint density at radius 1 is 1.00 bits per heavy atom. The van der Waals surface area contributed by atoms with E-state index in [1.807, 2.05) is 71.1 Å². The number of carbonyl (C=O) groups excluding carboxylic acids is 1. The summed E-state index contributed by atoms with van der Waals surface area (Å²) < 4.78 is 7.02. The molecule has 4 aromatic rings. The molecule has 0 N–H and O–H groups in total. The molecule has 2 heterocycles. The van der Waals surface area contributed by atoms with Gasteiger partial charge < -0.3 is 9.14 Å². The van der Waals surface area contributed by atoms with Crippen LogP contribution in [0.4, 0.5) is 0 Å². The van der Waals surface area contributed by atoms with Crippen LogP contribution >= 0.6 is 11.6 Å². The monoisotopic (exact) mass is 376 g/mol. The van der Waals surface area contributed by atoms with Crippen molar-refractivity contribution in [2.24, 2.45) is 0 Å². The average Bonchev–Trinajstić information content (AvgIpc) is 3.08. The summed E-state index contributed by atoms with van der Waals surface area (Å²) in [6.45, 7) is 0. The van der Waals surface area contributed by atoms with Crippen LogP contribution in [-0.2, 0) is 9.53 Å². The Morgan fingerprint density at radius 3 is 2.33 bits per heavy atom. The predicted molar refractivity (Wildman–Crippen MR) is 106 cm³/mol. The van der Waals surface area contributed by atoms with Crippen LogP contribution in [0.3, 0.4) is 0 Å². The fourth-order valence-electron chi connectivity index (χ4n) is 3.29. The number of pyridine rings is 1. The number of carbonyl (C=O) groups is 1. The maximum absolute atomic E-state index is 12.8. The van der Waals surface area contributed by atoms with E-state index in [1.165, 1.54) is 7.11 Å². The van der Waals surface area contributed by atoms with E-state index in [9.17, 15) is 4.79 Å². The molecule has 2 aromatic carbocycles. The third-order valence-corrected chi connectivity index (χ3v) is 4.73. The number of benzene rings is 2. The minimum atomic E-state index is -0.625. The van der Waals surface area contributed by atoms with Gasteiger partial charge in [0.05, 0.1) is 23.5 Å². The summed E-state index contributed by atoms with van der Waals surface area (Å²) in [5.41, 5.74) is 3.95. The molecule has 5 heteroatoms. The van der Waals surface area contributed by atoms with Crippen molar-refractivity contribution >= 4 is 23.2 Å². The Balaban J connectivity index is 2.05. The fraction of sp³-hybridized carbons (Fsp3) is 0.0909. The summed E-state index contributed by atoms with van der Waals surface area (Å²) in [5.74, 6) is -0.972. The number of imidazole rings is 1. The highest BCUT2D eigenvalue weighted by molar-refractivity contribution is 6.30. The van der Waals surface area contributed by atoms with E-state index in [0.29, 0.717) is 5.02 Å². The van der Waals surface area contributed by atoms with E-state index in [2.05, 4.69) is 0 Å². The summed E-state index contributed by atoms with van der Waals surface area (Å²) in [6.07, 6.45) is 1.78. The van der Waals surface area contributed by atoms with Crippen LogP contribution in [0.25, 0.3) is 16.9 Å². The molecule has 0 radical (unpaired) electrons. The normalized spacial score (nSPS) is 12.1. The highest BCUT2D eigenvalue weighted by Crippen LogP contribution is 2.35. The van der Waals surface area contributed by atoms with Crippen LogP contribution in [-0.4, -0.2) is 22.5 Å². The molecule has 0 fully saturated rings. The number of hydrogen-bond donors (Lipinski definition) is 0. The Bertz CT molecular complexity index is 1090. The molecule has 0 spiro atoms. The lowest BCUT2D eigenvalue weighted by molar-refractivity contribution is -0.141. The van der Waals surface area contributed by atoms with Gasteiger partial charge in [-0.05, 0) is 17.7 Å². The molecule has 0 bridgehead atoms. The Labute approximate surface area is 162 Å². The van der Waals surface area contributed by atoms with Crippen molar-refractivity contribution in [3.05, 3.63) is 95.3 Å². The Kier molecular flexibility index (Phi) is 4.65. The first-order chi connectivity index (χ1) is 13.2. The molecule has 134 valence electrons. The van der Waals surface area contributed by atoms with Gasteiger partial charge in [-0.1, -0.05) is 72.3 Å². The molecule has 1 atom stereocenters. The second-order valence-electron chi connectivity index (χ2n) is 6.15. The minimum absolute atomic E-state index is 0.347. The van der Waals surface area contributed by atoms with Crippen LogP contribution in [0.15, 0.2) is 79.0 Å². The number of nitrogens with zero attached hydrogens (tertiary/aromatic N) is 2. The van der Waals surface area contributed by atoms with Gasteiger partial charge in [-0.2, -0.15) is 0 Å². The predicted octanol–water partition coefficient (Wildman–Crippen LogP) is 4.96. The second-order valence-corrected chi connectivity index (χ2v) is 6.59. The third-order valence-electron chi connectivity index (χ3n) is 4.51. The standard InChI is InChI=1S/C22H17ClN2O2/c1-27-22(26)19(15-8-4-2-5-9-15)21-20(16-10-6-3-7-11-16)24-18-13-12-17(23)14-25(18)21/h2-14,19H,1H3. The second kappa shape index (κ2) is 7.25. The molecule has 2 aromatic heterocycles. The third kappa shape index (κ3) is 3.20. The van der Waals surface area contributed by atoms with Crippen LogP contribution < -0.4 is 0 Å². The van der Waals surface area contributed by atoms with Gasteiger partial charge in [0.25, 0.3) is 0 Å². The lowest BCUT2D eigenvalue weighted by atomic mass is 9.92. The lowest BCUT2D eigenvalue weighted by Gasteiger charge is -2.17. The van der Waals surface area contributed by atoms with E-state index < -0.39 is 5.92 Å². The summed E-state index contributed by atoms with van der Waals surface area (Å²) in [5, 5.41) is 0.567. The molecule has 0 aliphatic rings.